The third-order valence-corrected chi connectivity index (χ3v) is 2.52. The minimum absolute atomic E-state index is 0.135. The molecule has 1 aliphatic rings. The summed E-state index contributed by atoms with van der Waals surface area (Å²) in [6, 6.07) is 2.01. The van der Waals surface area contributed by atoms with Gasteiger partial charge in [0, 0.05) is 12.1 Å². The zero-order valence-corrected chi connectivity index (χ0v) is 8.59. The maximum absolute atomic E-state index is 5.65. The Labute approximate surface area is 91.1 Å². The molecule has 0 atom stereocenters. The van der Waals surface area contributed by atoms with Crippen molar-refractivity contribution in [3.8, 4) is 5.82 Å². The molecular formula is C9H8ClN5. The molecule has 2 heterocycles. The molecule has 0 spiro atoms. The molecule has 2 aromatic heterocycles. The van der Waals surface area contributed by atoms with Crippen LogP contribution in [0.5, 0.6) is 0 Å². The Morgan fingerprint density at radius 3 is 3.00 bits per heavy atom. The molecule has 3 rings (SSSR count). The van der Waals surface area contributed by atoms with E-state index >= 15 is 0 Å². The molecule has 5 nitrogen and oxygen atoms in total. The molecule has 2 aromatic rings. The SMILES string of the molecule is Clc1nncc(-n2ccc(C3CC3)n2)n1. The first kappa shape index (κ1) is 8.79. The van der Waals surface area contributed by atoms with Gasteiger partial charge >= 0.3 is 0 Å². The van der Waals surface area contributed by atoms with Crippen molar-refractivity contribution in [2.75, 3.05) is 0 Å². The summed E-state index contributed by atoms with van der Waals surface area (Å²) in [5, 5.41) is 11.9. The molecule has 0 radical (unpaired) electrons. The van der Waals surface area contributed by atoms with Crippen LogP contribution in [0.2, 0.25) is 5.28 Å². The van der Waals surface area contributed by atoms with E-state index in [1.54, 1.807) is 4.68 Å². The van der Waals surface area contributed by atoms with Gasteiger partial charge < -0.3 is 0 Å². The van der Waals surface area contributed by atoms with Crippen LogP contribution in [0.25, 0.3) is 5.82 Å². The minimum Gasteiger partial charge on any atom is -0.221 e. The predicted octanol–water partition coefficient (Wildman–Crippen LogP) is 1.59. The Morgan fingerprint density at radius 2 is 2.27 bits per heavy atom. The lowest BCUT2D eigenvalue weighted by Crippen LogP contribution is -2.01. The summed E-state index contributed by atoms with van der Waals surface area (Å²) >= 11 is 5.65. The van der Waals surface area contributed by atoms with E-state index in [-0.39, 0.29) is 5.28 Å². The van der Waals surface area contributed by atoms with Crippen LogP contribution in [0.3, 0.4) is 0 Å². The van der Waals surface area contributed by atoms with Crippen LogP contribution in [0.4, 0.5) is 0 Å². The van der Waals surface area contributed by atoms with Crippen molar-refractivity contribution in [1.82, 2.24) is 25.0 Å². The Kier molecular flexibility index (Phi) is 1.92. The minimum atomic E-state index is 0.135. The van der Waals surface area contributed by atoms with Gasteiger partial charge in [-0.05, 0) is 30.5 Å². The quantitative estimate of drug-likeness (QED) is 0.773. The molecule has 15 heavy (non-hydrogen) atoms. The first-order chi connectivity index (χ1) is 7.33. The maximum Gasteiger partial charge on any atom is 0.244 e. The summed E-state index contributed by atoms with van der Waals surface area (Å²) in [6.07, 6.45) is 5.88. The Hall–Kier alpha value is -1.49. The fourth-order valence-corrected chi connectivity index (χ4v) is 1.58. The van der Waals surface area contributed by atoms with Gasteiger partial charge in [-0.3, -0.25) is 0 Å². The highest BCUT2D eigenvalue weighted by atomic mass is 35.5. The van der Waals surface area contributed by atoms with E-state index in [0.717, 1.165) is 5.69 Å². The third kappa shape index (κ3) is 1.70. The Morgan fingerprint density at radius 1 is 1.40 bits per heavy atom. The predicted molar refractivity (Wildman–Crippen MR) is 53.9 cm³/mol. The maximum atomic E-state index is 5.65. The topological polar surface area (TPSA) is 56.5 Å². The second-order valence-corrected chi connectivity index (χ2v) is 3.88. The molecule has 0 N–H and O–H groups in total. The third-order valence-electron chi connectivity index (χ3n) is 2.36. The molecule has 1 aliphatic carbocycles. The molecular weight excluding hydrogens is 214 g/mol. The van der Waals surface area contributed by atoms with Gasteiger partial charge in [0.25, 0.3) is 0 Å². The number of nitrogens with zero attached hydrogens (tertiary/aromatic N) is 5. The van der Waals surface area contributed by atoms with Crippen molar-refractivity contribution in [3.05, 3.63) is 29.4 Å². The Balaban J connectivity index is 1.97. The van der Waals surface area contributed by atoms with Crippen molar-refractivity contribution in [2.24, 2.45) is 0 Å². The number of hydrogen-bond donors (Lipinski definition) is 0. The van der Waals surface area contributed by atoms with E-state index in [0.29, 0.717) is 11.7 Å². The smallest absolute Gasteiger partial charge is 0.221 e. The standard InChI is InChI=1S/C9H8ClN5/c10-9-12-8(5-11-13-9)15-4-3-7(14-15)6-1-2-6/h3-6H,1-2H2. The summed E-state index contributed by atoms with van der Waals surface area (Å²) < 4.78 is 1.67. The number of halogens is 1. The second-order valence-electron chi connectivity index (χ2n) is 3.54. The van der Waals surface area contributed by atoms with Crippen molar-refractivity contribution in [3.63, 3.8) is 0 Å². The summed E-state index contributed by atoms with van der Waals surface area (Å²) in [5.41, 5.74) is 1.12. The van der Waals surface area contributed by atoms with Crippen LogP contribution in [-0.4, -0.2) is 25.0 Å². The highest BCUT2D eigenvalue weighted by Crippen LogP contribution is 2.38. The molecule has 0 unspecified atom stereocenters. The van der Waals surface area contributed by atoms with E-state index in [1.807, 2.05) is 12.3 Å². The Bertz CT molecular complexity index is 491. The number of rotatable bonds is 2. The summed E-state index contributed by atoms with van der Waals surface area (Å²) in [7, 11) is 0. The average Bonchev–Trinajstić information content (AvgIpc) is 2.97. The van der Waals surface area contributed by atoms with Gasteiger partial charge in [-0.1, -0.05) is 0 Å². The molecule has 0 bridgehead atoms. The van der Waals surface area contributed by atoms with Crippen LogP contribution < -0.4 is 0 Å². The van der Waals surface area contributed by atoms with Gasteiger partial charge in [0.2, 0.25) is 5.28 Å². The normalized spacial score (nSPS) is 15.5. The highest BCUT2D eigenvalue weighted by molar-refractivity contribution is 6.28. The van der Waals surface area contributed by atoms with Crippen molar-refractivity contribution in [1.29, 1.82) is 0 Å². The first-order valence-corrected chi connectivity index (χ1v) is 5.12. The van der Waals surface area contributed by atoms with Gasteiger partial charge in [0.15, 0.2) is 5.82 Å². The van der Waals surface area contributed by atoms with Gasteiger partial charge in [-0.25, -0.2) is 4.68 Å². The van der Waals surface area contributed by atoms with Crippen LogP contribution >= 0.6 is 11.6 Å². The molecule has 1 fully saturated rings. The summed E-state index contributed by atoms with van der Waals surface area (Å²) in [5.74, 6) is 1.23. The van der Waals surface area contributed by atoms with E-state index in [1.165, 1.54) is 19.0 Å². The lowest BCUT2D eigenvalue weighted by molar-refractivity contribution is 0.789. The summed E-state index contributed by atoms with van der Waals surface area (Å²) in [4.78, 5) is 4.03. The monoisotopic (exact) mass is 221 g/mol. The average molecular weight is 222 g/mol. The highest BCUT2D eigenvalue weighted by Gasteiger charge is 2.25. The van der Waals surface area contributed by atoms with Crippen LogP contribution in [0, 0.1) is 0 Å². The van der Waals surface area contributed by atoms with Crippen molar-refractivity contribution in [2.45, 2.75) is 18.8 Å². The second kappa shape index (κ2) is 3.27. The lowest BCUT2D eigenvalue weighted by Gasteiger charge is -1.98. The zero-order valence-electron chi connectivity index (χ0n) is 7.84. The molecule has 0 aliphatic heterocycles. The van der Waals surface area contributed by atoms with Gasteiger partial charge in [-0.2, -0.15) is 15.2 Å². The fourth-order valence-electron chi connectivity index (χ4n) is 1.45. The van der Waals surface area contributed by atoms with Crippen LogP contribution in [-0.2, 0) is 0 Å². The van der Waals surface area contributed by atoms with Gasteiger partial charge in [0.05, 0.1) is 11.9 Å². The van der Waals surface area contributed by atoms with E-state index < -0.39 is 0 Å². The lowest BCUT2D eigenvalue weighted by atomic mass is 10.3. The molecule has 6 heteroatoms. The summed E-state index contributed by atoms with van der Waals surface area (Å²) in [6.45, 7) is 0. The van der Waals surface area contributed by atoms with Gasteiger partial charge in [-0.15, -0.1) is 5.10 Å². The van der Waals surface area contributed by atoms with E-state index in [4.69, 9.17) is 11.6 Å². The number of aromatic nitrogens is 5. The first-order valence-electron chi connectivity index (χ1n) is 4.74. The van der Waals surface area contributed by atoms with Crippen LogP contribution in [0.15, 0.2) is 18.5 Å². The molecule has 0 amide bonds. The fraction of sp³-hybridized carbons (Fsp3) is 0.333. The molecule has 0 saturated heterocycles. The molecule has 76 valence electrons. The van der Waals surface area contributed by atoms with Gasteiger partial charge in [0.1, 0.15) is 0 Å². The molecule has 1 saturated carbocycles. The van der Waals surface area contributed by atoms with Crippen molar-refractivity contribution >= 4 is 11.6 Å². The molecule has 0 aromatic carbocycles. The number of hydrogen-bond acceptors (Lipinski definition) is 4. The van der Waals surface area contributed by atoms with Crippen molar-refractivity contribution < 1.29 is 0 Å². The van der Waals surface area contributed by atoms with E-state index in [9.17, 15) is 0 Å². The largest absolute Gasteiger partial charge is 0.244 e. The van der Waals surface area contributed by atoms with Crippen LogP contribution in [0.1, 0.15) is 24.5 Å². The zero-order chi connectivity index (χ0) is 10.3. The van der Waals surface area contributed by atoms with E-state index in [2.05, 4.69) is 20.3 Å².